The summed E-state index contributed by atoms with van der Waals surface area (Å²) in [6.07, 6.45) is 2.41. The Hall–Kier alpha value is -1.83. The summed E-state index contributed by atoms with van der Waals surface area (Å²) in [4.78, 5) is 13.2. The summed E-state index contributed by atoms with van der Waals surface area (Å²) in [6, 6.07) is 13.8. The molecule has 0 fully saturated rings. The number of carbonyl (C=O) groups is 1. The number of thioether (sulfide) groups is 1. The van der Waals surface area contributed by atoms with Gasteiger partial charge in [0.1, 0.15) is 6.04 Å². The van der Waals surface area contributed by atoms with Crippen molar-refractivity contribution in [3.05, 3.63) is 65.2 Å². The molecule has 1 atom stereocenters. The molecule has 1 aliphatic heterocycles. The Balaban J connectivity index is 1.79. The van der Waals surface area contributed by atoms with Crippen LogP contribution in [0.2, 0.25) is 0 Å². The fourth-order valence-corrected chi connectivity index (χ4v) is 5.98. The van der Waals surface area contributed by atoms with Crippen molar-refractivity contribution in [3.63, 3.8) is 0 Å². The molecule has 5 nitrogen and oxygen atoms in total. The molecule has 162 valence electrons. The Morgan fingerprint density at radius 3 is 2.50 bits per heavy atom. The zero-order valence-corrected chi connectivity index (χ0v) is 19.3. The van der Waals surface area contributed by atoms with E-state index in [4.69, 9.17) is 0 Å². The third-order valence-corrected chi connectivity index (χ3v) is 8.39. The van der Waals surface area contributed by atoms with E-state index in [0.29, 0.717) is 13.0 Å². The first-order valence-electron chi connectivity index (χ1n) is 10.4. The molecule has 0 radical (unpaired) electrons. The summed E-state index contributed by atoms with van der Waals surface area (Å²) in [5, 5.41) is 2.96. The van der Waals surface area contributed by atoms with Gasteiger partial charge in [-0.15, -0.1) is 0 Å². The second-order valence-corrected chi connectivity index (χ2v) is 10.7. The van der Waals surface area contributed by atoms with Crippen LogP contribution in [-0.2, 0) is 27.8 Å². The second-order valence-electron chi connectivity index (χ2n) is 7.61. The molecule has 1 N–H and O–H groups in total. The van der Waals surface area contributed by atoms with Crippen LogP contribution in [0.3, 0.4) is 0 Å². The maximum Gasteiger partial charge on any atom is 0.244 e. The van der Waals surface area contributed by atoms with Crippen molar-refractivity contribution in [3.8, 4) is 0 Å². The van der Waals surface area contributed by atoms with Gasteiger partial charge in [0.15, 0.2) is 0 Å². The standard InChI is InChI=1S/C23H30N2O3S2/c1-3-14-29-15-6-13-24-23(26)22-16-19-7-4-5-8-20(19)17-25(22)30(27,28)21-11-9-18(2)10-12-21/h4-5,7-12,22H,3,6,13-17H2,1-2H3,(H,24,26)/t22-/m0/s1. The largest absolute Gasteiger partial charge is 0.355 e. The van der Waals surface area contributed by atoms with Crippen molar-refractivity contribution in [2.24, 2.45) is 0 Å². The fourth-order valence-electron chi connectivity index (χ4n) is 3.57. The van der Waals surface area contributed by atoms with Crippen LogP contribution in [0.1, 0.15) is 36.5 Å². The van der Waals surface area contributed by atoms with E-state index in [0.717, 1.165) is 41.0 Å². The molecule has 0 saturated heterocycles. The SMILES string of the molecule is CCCSCCCNC(=O)[C@@H]1Cc2ccccc2CN1S(=O)(=O)c1ccc(C)cc1. The molecule has 2 aromatic carbocycles. The minimum Gasteiger partial charge on any atom is -0.355 e. The Labute approximate surface area is 184 Å². The Kier molecular flexibility index (Phi) is 7.97. The zero-order valence-electron chi connectivity index (χ0n) is 17.6. The Morgan fingerprint density at radius 1 is 1.10 bits per heavy atom. The molecule has 30 heavy (non-hydrogen) atoms. The van der Waals surface area contributed by atoms with E-state index in [9.17, 15) is 13.2 Å². The van der Waals surface area contributed by atoms with Gasteiger partial charge in [-0.2, -0.15) is 16.1 Å². The maximum atomic E-state index is 13.4. The molecule has 0 aliphatic carbocycles. The van der Waals surface area contributed by atoms with Gasteiger partial charge in [-0.3, -0.25) is 4.79 Å². The van der Waals surface area contributed by atoms with E-state index in [2.05, 4.69) is 12.2 Å². The van der Waals surface area contributed by atoms with Crippen molar-refractivity contribution in [1.29, 1.82) is 0 Å². The van der Waals surface area contributed by atoms with Crippen molar-refractivity contribution >= 4 is 27.7 Å². The van der Waals surface area contributed by atoms with Crippen LogP contribution < -0.4 is 5.32 Å². The number of amides is 1. The van der Waals surface area contributed by atoms with Gasteiger partial charge in [0.25, 0.3) is 0 Å². The highest BCUT2D eigenvalue weighted by Gasteiger charge is 2.39. The van der Waals surface area contributed by atoms with Gasteiger partial charge in [-0.25, -0.2) is 8.42 Å². The normalized spacial score (nSPS) is 16.8. The lowest BCUT2D eigenvalue weighted by atomic mass is 9.95. The van der Waals surface area contributed by atoms with E-state index in [1.54, 1.807) is 24.3 Å². The first kappa shape index (κ1) is 22.8. The van der Waals surface area contributed by atoms with Crippen molar-refractivity contribution in [1.82, 2.24) is 9.62 Å². The molecule has 0 bridgehead atoms. The minimum absolute atomic E-state index is 0.205. The van der Waals surface area contributed by atoms with Gasteiger partial charge >= 0.3 is 0 Å². The van der Waals surface area contributed by atoms with Crippen LogP contribution in [0.5, 0.6) is 0 Å². The molecule has 3 rings (SSSR count). The van der Waals surface area contributed by atoms with Gasteiger partial charge in [0.2, 0.25) is 15.9 Å². The average molecular weight is 447 g/mol. The molecule has 7 heteroatoms. The first-order valence-corrected chi connectivity index (χ1v) is 13.0. The summed E-state index contributed by atoms with van der Waals surface area (Å²) < 4.78 is 28.2. The molecule has 1 aliphatic rings. The quantitative estimate of drug-likeness (QED) is 0.596. The van der Waals surface area contributed by atoms with Gasteiger partial charge < -0.3 is 5.32 Å². The summed E-state index contributed by atoms with van der Waals surface area (Å²) in [5.74, 6) is 1.89. The maximum absolute atomic E-state index is 13.4. The van der Waals surface area contributed by atoms with E-state index < -0.39 is 16.1 Å². The highest BCUT2D eigenvalue weighted by Crippen LogP contribution is 2.29. The molecule has 0 saturated carbocycles. The third kappa shape index (κ3) is 5.45. The van der Waals surface area contributed by atoms with Crippen LogP contribution in [0.15, 0.2) is 53.4 Å². The highest BCUT2D eigenvalue weighted by atomic mass is 32.2. The molecule has 1 amide bonds. The first-order chi connectivity index (χ1) is 14.4. The van der Waals surface area contributed by atoms with Crippen LogP contribution >= 0.6 is 11.8 Å². The Bertz CT molecular complexity index is 959. The van der Waals surface area contributed by atoms with Crippen LogP contribution in [-0.4, -0.2) is 42.7 Å². The van der Waals surface area contributed by atoms with E-state index >= 15 is 0 Å². The predicted molar refractivity (Wildman–Crippen MR) is 123 cm³/mol. The number of carbonyl (C=O) groups excluding carboxylic acids is 1. The molecule has 0 spiro atoms. The Morgan fingerprint density at radius 2 is 1.80 bits per heavy atom. The number of hydrogen-bond donors (Lipinski definition) is 1. The molecule has 0 aromatic heterocycles. The number of nitrogens with zero attached hydrogens (tertiary/aromatic N) is 1. The van der Waals surface area contributed by atoms with Crippen LogP contribution in [0.25, 0.3) is 0 Å². The van der Waals surface area contributed by atoms with Crippen molar-refractivity contribution in [2.45, 2.75) is 50.6 Å². The van der Waals surface area contributed by atoms with Gasteiger partial charge in [-0.1, -0.05) is 48.9 Å². The summed E-state index contributed by atoms with van der Waals surface area (Å²) in [5.41, 5.74) is 2.98. The fraction of sp³-hybridized carbons (Fsp3) is 0.435. The number of rotatable bonds is 9. The summed E-state index contributed by atoms with van der Waals surface area (Å²) in [7, 11) is -3.79. The van der Waals surface area contributed by atoms with Gasteiger partial charge in [-0.05, 0) is 61.0 Å². The number of aryl methyl sites for hydroxylation is 1. The topological polar surface area (TPSA) is 66.5 Å². The molecular formula is C23H30N2O3S2. The zero-order chi connectivity index (χ0) is 21.6. The average Bonchev–Trinajstić information content (AvgIpc) is 2.75. The van der Waals surface area contributed by atoms with E-state index in [-0.39, 0.29) is 17.3 Å². The van der Waals surface area contributed by atoms with Gasteiger partial charge in [0, 0.05) is 13.1 Å². The monoisotopic (exact) mass is 446 g/mol. The second kappa shape index (κ2) is 10.5. The number of fused-ring (bicyclic) bond motifs is 1. The highest BCUT2D eigenvalue weighted by molar-refractivity contribution is 7.99. The summed E-state index contributed by atoms with van der Waals surface area (Å²) in [6.45, 7) is 4.84. The van der Waals surface area contributed by atoms with Crippen molar-refractivity contribution in [2.75, 3.05) is 18.1 Å². The lowest BCUT2D eigenvalue weighted by Gasteiger charge is -2.35. The van der Waals surface area contributed by atoms with E-state index in [1.807, 2.05) is 43.0 Å². The number of sulfonamides is 1. The van der Waals surface area contributed by atoms with Gasteiger partial charge in [0.05, 0.1) is 4.90 Å². The molecule has 2 aromatic rings. The molecule has 0 unspecified atom stereocenters. The van der Waals surface area contributed by atoms with Crippen LogP contribution in [0.4, 0.5) is 0 Å². The lowest BCUT2D eigenvalue weighted by Crippen LogP contribution is -2.52. The minimum atomic E-state index is -3.79. The molecule has 1 heterocycles. The number of benzene rings is 2. The number of nitrogens with one attached hydrogen (secondary N) is 1. The van der Waals surface area contributed by atoms with E-state index in [1.165, 1.54) is 4.31 Å². The summed E-state index contributed by atoms with van der Waals surface area (Å²) >= 11 is 1.88. The lowest BCUT2D eigenvalue weighted by molar-refractivity contribution is -0.125. The van der Waals surface area contributed by atoms with Crippen molar-refractivity contribution < 1.29 is 13.2 Å². The predicted octanol–water partition coefficient (Wildman–Crippen LogP) is 3.76. The smallest absolute Gasteiger partial charge is 0.244 e. The molecular weight excluding hydrogens is 416 g/mol. The number of hydrogen-bond acceptors (Lipinski definition) is 4. The van der Waals surface area contributed by atoms with Crippen LogP contribution in [0, 0.1) is 6.92 Å². The third-order valence-electron chi connectivity index (χ3n) is 5.25.